The third-order valence-corrected chi connectivity index (χ3v) is 6.23. The Hall–Kier alpha value is -0.120. The number of hydrogen-bond donors (Lipinski definition) is 2. The normalized spacial score (nSPS) is 13.9. The number of aliphatic hydroxyl groups is 2. The van der Waals surface area contributed by atoms with Gasteiger partial charge in [0, 0.05) is 6.54 Å². The van der Waals surface area contributed by atoms with Crippen molar-refractivity contribution in [1.82, 2.24) is 4.90 Å². The first-order valence-electron chi connectivity index (χ1n) is 13.2. The summed E-state index contributed by atoms with van der Waals surface area (Å²) in [6.07, 6.45) is 26.7. The SMILES string of the molecule is CCCCCCCCCCCCCCCCCCCCCCN(C(C)O)C(C)O. The number of unbranched alkanes of at least 4 members (excludes halogenated alkanes) is 19. The van der Waals surface area contributed by atoms with Crippen LogP contribution in [0.1, 0.15) is 149 Å². The average Bonchev–Trinajstić information content (AvgIpc) is 2.68. The molecule has 2 N–H and O–H groups in total. The van der Waals surface area contributed by atoms with E-state index in [0.717, 1.165) is 13.0 Å². The van der Waals surface area contributed by atoms with Gasteiger partial charge in [0.1, 0.15) is 12.5 Å². The molecule has 0 aliphatic carbocycles. The molecule has 0 aromatic heterocycles. The third kappa shape index (κ3) is 20.9. The van der Waals surface area contributed by atoms with E-state index in [-0.39, 0.29) is 0 Å². The maximum absolute atomic E-state index is 9.61. The van der Waals surface area contributed by atoms with Crippen molar-refractivity contribution in [3.05, 3.63) is 0 Å². The van der Waals surface area contributed by atoms with Crippen molar-refractivity contribution < 1.29 is 10.2 Å². The van der Waals surface area contributed by atoms with Crippen LogP contribution in [0.15, 0.2) is 0 Å². The van der Waals surface area contributed by atoms with E-state index in [2.05, 4.69) is 6.92 Å². The van der Waals surface area contributed by atoms with E-state index in [1.54, 1.807) is 18.7 Å². The van der Waals surface area contributed by atoms with Crippen LogP contribution >= 0.6 is 0 Å². The molecule has 0 fully saturated rings. The number of rotatable bonds is 23. The predicted octanol–water partition coefficient (Wildman–Crippen LogP) is 7.79. The van der Waals surface area contributed by atoms with Crippen molar-refractivity contribution in [2.45, 2.75) is 162 Å². The number of nitrogens with zero attached hydrogens (tertiary/aromatic N) is 1. The summed E-state index contributed by atoms with van der Waals surface area (Å²) in [4.78, 5) is 1.74. The molecule has 0 aromatic carbocycles. The molecule has 0 heterocycles. The Bertz CT molecular complexity index is 299. The van der Waals surface area contributed by atoms with E-state index < -0.39 is 12.5 Å². The van der Waals surface area contributed by atoms with Gasteiger partial charge in [0.2, 0.25) is 0 Å². The Morgan fingerprint density at radius 3 is 0.931 bits per heavy atom. The number of hydrogen-bond acceptors (Lipinski definition) is 3. The largest absolute Gasteiger partial charge is 0.379 e. The zero-order valence-electron chi connectivity index (χ0n) is 20.3. The van der Waals surface area contributed by atoms with Crippen LogP contribution in [0.4, 0.5) is 0 Å². The van der Waals surface area contributed by atoms with E-state index >= 15 is 0 Å². The minimum absolute atomic E-state index is 0.560. The molecule has 0 bridgehead atoms. The second kappa shape index (κ2) is 22.6. The van der Waals surface area contributed by atoms with Gasteiger partial charge in [-0.05, 0) is 20.3 Å². The molecule has 0 rings (SSSR count). The fourth-order valence-corrected chi connectivity index (χ4v) is 4.24. The summed E-state index contributed by atoms with van der Waals surface area (Å²) in [6.45, 7) is 6.53. The van der Waals surface area contributed by atoms with Gasteiger partial charge in [-0.15, -0.1) is 0 Å². The van der Waals surface area contributed by atoms with Crippen molar-refractivity contribution in [3.63, 3.8) is 0 Å². The molecule has 0 aromatic rings. The fourth-order valence-electron chi connectivity index (χ4n) is 4.24. The molecule has 0 amide bonds. The fraction of sp³-hybridized carbons (Fsp3) is 1.00. The molecule has 176 valence electrons. The van der Waals surface area contributed by atoms with Gasteiger partial charge in [0.25, 0.3) is 0 Å². The molecule has 0 aliphatic rings. The molecule has 2 unspecified atom stereocenters. The van der Waals surface area contributed by atoms with Crippen LogP contribution in [-0.4, -0.2) is 34.1 Å². The van der Waals surface area contributed by atoms with E-state index in [9.17, 15) is 10.2 Å². The molecule has 0 spiro atoms. The van der Waals surface area contributed by atoms with Crippen LogP contribution in [0.5, 0.6) is 0 Å². The first kappa shape index (κ1) is 28.9. The molecular weight excluding hydrogens is 358 g/mol. The minimum Gasteiger partial charge on any atom is -0.379 e. The van der Waals surface area contributed by atoms with Crippen LogP contribution in [0, 0.1) is 0 Å². The summed E-state index contributed by atoms with van der Waals surface area (Å²) < 4.78 is 0. The maximum atomic E-state index is 9.61. The summed E-state index contributed by atoms with van der Waals surface area (Å²) in [5.41, 5.74) is 0. The van der Waals surface area contributed by atoms with Crippen LogP contribution < -0.4 is 0 Å². The third-order valence-electron chi connectivity index (χ3n) is 6.23. The Balaban J connectivity index is 3.15. The molecule has 0 radical (unpaired) electrons. The summed E-state index contributed by atoms with van der Waals surface area (Å²) in [6, 6.07) is 0. The van der Waals surface area contributed by atoms with Crippen molar-refractivity contribution in [2.24, 2.45) is 0 Å². The van der Waals surface area contributed by atoms with Gasteiger partial charge in [-0.3, -0.25) is 4.90 Å². The van der Waals surface area contributed by atoms with Crippen molar-refractivity contribution >= 4 is 0 Å². The predicted molar refractivity (Wildman–Crippen MR) is 128 cm³/mol. The highest BCUT2D eigenvalue weighted by Gasteiger charge is 2.14. The van der Waals surface area contributed by atoms with Gasteiger partial charge in [-0.25, -0.2) is 0 Å². The van der Waals surface area contributed by atoms with Gasteiger partial charge >= 0.3 is 0 Å². The minimum atomic E-state index is -0.560. The first-order chi connectivity index (χ1) is 14.1. The summed E-state index contributed by atoms with van der Waals surface area (Å²) in [5, 5.41) is 19.2. The van der Waals surface area contributed by atoms with Gasteiger partial charge in [-0.2, -0.15) is 0 Å². The summed E-state index contributed by atoms with van der Waals surface area (Å²) in [7, 11) is 0. The number of aliphatic hydroxyl groups excluding tert-OH is 2. The van der Waals surface area contributed by atoms with Crippen molar-refractivity contribution in [2.75, 3.05) is 6.54 Å². The molecule has 0 aliphatic heterocycles. The lowest BCUT2D eigenvalue weighted by molar-refractivity contribution is -0.0844. The van der Waals surface area contributed by atoms with Crippen LogP contribution in [0.3, 0.4) is 0 Å². The Morgan fingerprint density at radius 1 is 0.448 bits per heavy atom. The molecule has 29 heavy (non-hydrogen) atoms. The van der Waals surface area contributed by atoms with E-state index in [4.69, 9.17) is 0 Å². The van der Waals surface area contributed by atoms with Gasteiger partial charge in [0.15, 0.2) is 0 Å². The van der Waals surface area contributed by atoms with Crippen LogP contribution in [-0.2, 0) is 0 Å². The summed E-state index contributed by atoms with van der Waals surface area (Å²) >= 11 is 0. The second-order valence-electron chi connectivity index (χ2n) is 9.22. The molecule has 3 heteroatoms. The van der Waals surface area contributed by atoms with Gasteiger partial charge < -0.3 is 10.2 Å². The first-order valence-corrected chi connectivity index (χ1v) is 13.2. The van der Waals surface area contributed by atoms with Gasteiger partial charge in [0.05, 0.1) is 0 Å². The monoisotopic (exact) mass is 413 g/mol. The van der Waals surface area contributed by atoms with Crippen LogP contribution in [0.2, 0.25) is 0 Å². The topological polar surface area (TPSA) is 43.7 Å². The Kier molecular flexibility index (Phi) is 22.5. The highest BCUT2D eigenvalue weighted by atomic mass is 16.3. The highest BCUT2D eigenvalue weighted by Crippen LogP contribution is 2.15. The van der Waals surface area contributed by atoms with E-state index in [0.29, 0.717) is 0 Å². The lowest BCUT2D eigenvalue weighted by Gasteiger charge is -2.27. The molecule has 0 saturated carbocycles. The zero-order chi connectivity index (χ0) is 21.6. The van der Waals surface area contributed by atoms with Gasteiger partial charge in [-0.1, -0.05) is 129 Å². The standard InChI is InChI=1S/C26H55NO2/c1-4-5-6-7-8-9-10-11-12-13-14-15-16-17-18-19-20-21-22-23-24-27(25(2)28)26(3)29/h25-26,28-29H,4-24H2,1-3H3. The lowest BCUT2D eigenvalue weighted by atomic mass is 10.0. The van der Waals surface area contributed by atoms with E-state index in [1.807, 2.05) is 0 Å². The second-order valence-corrected chi connectivity index (χ2v) is 9.22. The molecule has 2 atom stereocenters. The average molecular weight is 414 g/mol. The van der Waals surface area contributed by atoms with Crippen molar-refractivity contribution in [3.8, 4) is 0 Å². The Labute approximate surface area is 183 Å². The van der Waals surface area contributed by atoms with E-state index in [1.165, 1.54) is 122 Å². The van der Waals surface area contributed by atoms with Crippen LogP contribution in [0.25, 0.3) is 0 Å². The molecular formula is C26H55NO2. The Morgan fingerprint density at radius 2 is 0.690 bits per heavy atom. The molecule has 3 nitrogen and oxygen atoms in total. The maximum Gasteiger partial charge on any atom is 0.106 e. The highest BCUT2D eigenvalue weighted by molar-refractivity contribution is 4.59. The molecule has 0 saturated heterocycles. The van der Waals surface area contributed by atoms with Crippen molar-refractivity contribution in [1.29, 1.82) is 0 Å². The quantitative estimate of drug-likeness (QED) is 0.133. The lowest BCUT2D eigenvalue weighted by Crippen LogP contribution is -2.40. The summed E-state index contributed by atoms with van der Waals surface area (Å²) in [5.74, 6) is 0. The smallest absolute Gasteiger partial charge is 0.106 e. The zero-order valence-corrected chi connectivity index (χ0v) is 20.3.